The number of para-hydroxylation sites is 1. The van der Waals surface area contributed by atoms with Gasteiger partial charge in [-0.2, -0.15) is 0 Å². The monoisotopic (exact) mass is 983 g/mol. The van der Waals surface area contributed by atoms with Gasteiger partial charge in [0.15, 0.2) is 17.5 Å². The smallest absolute Gasteiger partial charge is 0.164 e. The Morgan fingerprint density at radius 3 is 1.39 bits per heavy atom. The van der Waals surface area contributed by atoms with Crippen LogP contribution in [0.15, 0.2) is 261 Å². The average Bonchev–Trinajstić information content (AvgIpc) is 4.17. The van der Waals surface area contributed by atoms with Crippen LogP contribution in [-0.2, 0) is 5.41 Å². The van der Waals surface area contributed by atoms with E-state index in [9.17, 15) is 0 Å². The van der Waals surface area contributed by atoms with Crippen molar-refractivity contribution in [2.45, 2.75) is 19.3 Å². The molecule has 362 valence electrons. The molecule has 1 aliphatic carbocycles. The van der Waals surface area contributed by atoms with Gasteiger partial charge in [-0.05, 0) is 123 Å². The predicted molar refractivity (Wildman–Crippen MR) is 319 cm³/mol. The Kier molecular flexibility index (Phi) is 10.2. The number of hydrogen-bond acceptors (Lipinski definition) is 3. The summed E-state index contributed by atoms with van der Waals surface area (Å²) in [5.41, 5.74) is 21.8. The van der Waals surface area contributed by atoms with Gasteiger partial charge < -0.3 is 9.13 Å². The minimum Gasteiger partial charge on any atom is -0.309 e. The van der Waals surface area contributed by atoms with Crippen LogP contribution in [-0.4, -0.2) is 24.1 Å². The van der Waals surface area contributed by atoms with Crippen LogP contribution in [0.1, 0.15) is 25.0 Å². The first-order valence-corrected chi connectivity index (χ1v) is 26.4. The highest BCUT2D eigenvalue weighted by atomic mass is 15.0. The van der Waals surface area contributed by atoms with Gasteiger partial charge >= 0.3 is 0 Å². The molecule has 1 aliphatic rings. The Hall–Kier alpha value is -9.97. The minimum absolute atomic E-state index is 0.184. The Morgan fingerprint density at radius 1 is 0.273 bits per heavy atom. The zero-order valence-corrected chi connectivity index (χ0v) is 42.6. The second kappa shape index (κ2) is 17.6. The van der Waals surface area contributed by atoms with Crippen molar-refractivity contribution in [3.8, 4) is 90.0 Å². The van der Waals surface area contributed by atoms with Crippen LogP contribution < -0.4 is 0 Å². The summed E-state index contributed by atoms with van der Waals surface area (Å²) in [5.74, 6) is 1.89. The molecule has 0 bridgehead atoms. The van der Waals surface area contributed by atoms with Gasteiger partial charge in [0.05, 0.1) is 22.1 Å². The zero-order chi connectivity index (χ0) is 51.2. The maximum Gasteiger partial charge on any atom is 0.164 e. The molecule has 0 aliphatic heterocycles. The van der Waals surface area contributed by atoms with Gasteiger partial charge in [0.2, 0.25) is 0 Å². The largest absolute Gasteiger partial charge is 0.309 e. The third-order valence-electron chi connectivity index (χ3n) is 15.9. The second-order valence-electron chi connectivity index (χ2n) is 20.8. The summed E-state index contributed by atoms with van der Waals surface area (Å²) in [7, 11) is 0. The summed E-state index contributed by atoms with van der Waals surface area (Å²) in [6.45, 7) is 4.72. The Labute approximate surface area is 446 Å². The molecule has 15 rings (SSSR count). The van der Waals surface area contributed by atoms with Crippen LogP contribution in [0.4, 0.5) is 0 Å². The number of hydrogen-bond donors (Lipinski definition) is 0. The predicted octanol–water partition coefficient (Wildman–Crippen LogP) is 18.4. The molecule has 11 aromatic carbocycles. The van der Waals surface area contributed by atoms with Crippen molar-refractivity contribution < 1.29 is 0 Å². The number of nitrogens with zero attached hydrogens (tertiary/aromatic N) is 5. The van der Waals surface area contributed by atoms with Gasteiger partial charge in [0, 0.05) is 60.6 Å². The lowest BCUT2D eigenvalue weighted by atomic mass is 9.82. The molecule has 0 atom stereocenters. The van der Waals surface area contributed by atoms with Crippen molar-refractivity contribution in [3.05, 3.63) is 272 Å². The van der Waals surface area contributed by atoms with E-state index < -0.39 is 0 Å². The summed E-state index contributed by atoms with van der Waals surface area (Å²) < 4.78 is 4.90. The molecular formula is C72H49N5. The van der Waals surface area contributed by atoms with Crippen molar-refractivity contribution in [2.75, 3.05) is 0 Å². The van der Waals surface area contributed by atoms with Gasteiger partial charge in [-0.3, -0.25) is 0 Å². The maximum atomic E-state index is 5.15. The van der Waals surface area contributed by atoms with Gasteiger partial charge in [-0.15, -0.1) is 0 Å². The third kappa shape index (κ3) is 7.27. The van der Waals surface area contributed by atoms with Crippen molar-refractivity contribution in [2.24, 2.45) is 0 Å². The lowest BCUT2D eigenvalue weighted by molar-refractivity contribution is 0.661. The minimum atomic E-state index is -0.184. The van der Waals surface area contributed by atoms with E-state index >= 15 is 0 Å². The second-order valence-corrected chi connectivity index (χ2v) is 20.8. The van der Waals surface area contributed by atoms with E-state index in [1.165, 1.54) is 71.6 Å². The number of aromatic nitrogens is 5. The van der Waals surface area contributed by atoms with E-state index in [2.05, 4.69) is 247 Å². The van der Waals surface area contributed by atoms with Crippen LogP contribution in [0.2, 0.25) is 0 Å². The highest BCUT2D eigenvalue weighted by Gasteiger charge is 2.36. The van der Waals surface area contributed by atoms with E-state index in [4.69, 9.17) is 15.0 Å². The SMILES string of the molecule is CC1(C)c2ccccc2-c2cc3c4cc(-c5ccc6c(c5)c5cc(-c7ccccc7)cc(-c7ccccc7)c5n6-c5ccccc5)ccc4n(-c4cccc(-c5nc(-c6ccccc6)nc(-c6ccccc6)n5)c4)c3cc21. The van der Waals surface area contributed by atoms with Crippen LogP contribution >= 0.6 is 0 Å². The molecule has 5 nitrogen and oxygen atoms in total. The zero-order valence-electron chi connectivity index (χ0n) is 42.6. The van der Waals surface area contributed by atoms with E-state index in [1.54, 1.807) is 0 Å². The number of rotatable bonds is 8. The molecule has 0 saturated carbocycles. The normalized spacial score (nSPS) is 12.6. The lowest BCUT2D eigenvalue weighted by Gasteiger charge is -2.21. The average molecular weight is 984 g/mol. The van der Waals surface area contributed by atoms with E-state index in [0.29, 0.717) is 17.5 Å². The summed E-state index contributed by atoms with van der Waals surface area (Å²) >= 11 is 0. The molecule has 3 aromatic heterocycles. The van der Waals surface area contributed by atoms with Gasteiger partial charge in [0.25, 0.3) is 0 Å². The summed E-state index contributed by atoms with van der Waals surface area (Å²) in [6, 6.07) is 94.2. The molecular weight excluding hydrogens is 935 g/mol. The first kappa shape index (κ1) is 44.5. The fraction of sp³-hybridized carbons (Fsp3) is 0.0417. The third-order valence-corrected chi connectivity index (χ3v) is 15.9. The molecule has 3 heterocycles. The molecule has 0 radical (unpaired) electrons. The van der Waals surface area contributed by atoms with Crippen molar-refractivity contribution in [3.63, 3.8) is 0 Å². The topological polar surface area (TPSA) is 48.5 Å². The Morgan fingerprint density at radius 2 is 0.753 bits per heavy atom. The molecule has 14 aromatic rings. The quantitative estimate of drug-likeness (QED) is 0.152. The summed E-state index contributed by atoms with van der Waals surface area (Å²) in [6.07, 6.45) is 0. The lowest BCUT2D eigenvalue weighted by Crippen LogP contribution is -2.14. The Bertz CT molecular complexity index is 4560. The standard InChI is InChI=1S/C72H49N5/c1-72(2)63-34-19-18-33-56(63)58-44-61-59-40-50(51-36-38-66-60(41-51)62-43-53(46-21-8-3-9-22-46)42-57(47-23-10-4-11-24-47)68(62)77(66)54-30-16-7-17-31-54)35-37-65(59)76(67(61)45-64(58)72)55-32-20-29-52(39-55)71-74-69(48-25-12-5-13-26-48)73-70(75-71)49-27-14-6-15-28-49/h3-45H,1-2H3. The molecule has 0 spiro atoms. The van der Waals surface area contributed by atoms with E-state index in [-0.39, 0.29) is 5.41 Å². The van der Waals surface area contributed by atoms with Crippen molar-refractivity contribution in [1.82, 2.24) is 24.1 Å². The fourth-order valence-electron chi connectivity index (χ4n) is 12.2. The van der Waals surface area contributed by atoms with Crippen LogP contribution in [0, 0.1) is 0 Å². The summed E-state index contributed by atoms with van der Waals surface area (Å²) in [5, 5.41) is 4.82. The van der Waals surface area contributed by atoms with Crippen molar-refractivity contribution in [1.29, 1.82) is 0 Å². The van der Waals surface area contributed by atoms with Crippen LogP contribution in [0.25, 0.3) is 134 Å². The van der Waals surface area contributed by atoms with Crippen LogP contribution in [0.5, 0.6) is 0 Å². The molecule has 0 unspecified atom stereocenters. The first-order valence-electron chi connectivity index (χ1n) is 26.4. The highest BCUT2D eigenvalue weighted by molar-refractivity contribution is 6.17. The van der Waals surface area contributed by atoms with E-state index in [1.807, 2.05) is 36.4 Å². The van der Waals surface area contributed by atoms with Gasteiger partial charge in [-0.25, -0.2) is 15.0 Å². The maximum absolute atomic E-state index is 5.15. The van der Waals surface area contributed by atoms with E-state index in [0.717, 1.165) is 55.7 Å². The molecule has 0 N–H and O–H groups in total. The molecule has 77 heavy (non-hydrogen) atoms. The molecule has 0 fully saturated rings. The molecule has 5 heteroatoms. The molecule has 0 amide bonds. The van der Waals surface area contributed by atoms with Gasteiger partial charge in [0.1, 0.15) is 0 Å². The first-order chi connectivity index (χ1) is 37.9. The molecule has 0 saturated heterocycles. The van der Waals surface area contributed by atoms with Crippen LogP contribution in [0.3, 0.4) is 0 Å². The Balaban J connectivity index is 0.952. The highest BCUT2D eigenvalue weighted by Crippen LogP contribution is 2.52. The summed E-state index contributed by atoms with van der Waals surface area (Å²) in [4.78, 5) is 15.3. The fourth-order valence-corrected chi connectivity index (χ4v) is 12.2. The number of benzene rings is 11. The van der Waals surface area contributed by atoms with Gasteiger partial charge in [-0.1, -0.05) is 202 Å². The van der Waals surface area contributed by atoms with Crippen molar-refractivity contribution >= 4 is 43.6 Å². The number of fused-ring (bicyclic) bond motifs is 9.